The first-order chi connectivity index (χ1) is 16.0. The van der Waals surface area contributed by atoms with Crippen molar-refractivity contribution < 1.29 is 4.79 Å². The Morgan fingerprint density at radius 3 is 2.24 bits per heavy atom. The van der Waals surface area contributed by atoms with Gasteiger partial charge in [-0.1, -0.05) is 65.2 Å². The highest BCUT2D eigenvalue weighted by Gasteiger charge is 2.26. The van der Waals surface area contributed by atoms with Crippen LogP contribution in [-0.4, -0.2) is 20.7 Å². The molecule has 0 bridgehead atoms. The van der Waals surface area contributed by atoms with Crippen molar-refractivity contribution in [3.63, 3.8) is 0 Å². The van der Waals surface area contributed by atoms with Crippen molar-refractivity contribution in [1.29, 1.82) is 0 Å². The van der Waals surface area contributed by atoms with Gasteiger partial charge in [0, 0.05) is 21.3 Å². The quantitative estimate of drug-likeness (QED) is 0.368. The predicted molar refractivity (Wildman–Crippen MR) is 132 cm³/mol. The molecule has 4 aromatic rings. The van der Waals surface area contributed by atoms with E-state index in [-0.39, 0.29) is 17.9 Å². The number of rotatable bonds is 4. The van der Waals surface area contributed by atoms with Crippen molar-refractivity contribution >= 4 is 46.7 Å². The molecule has 0 saturated heterocycles. The van der Waals surface area contributed by atoms with E-state index in [2.05, 4.69) is 58.0 Å². The van der Waals surface area contributed by atoms with E-state index in [4.69, 9.17) is 23.2 Å². The largest absolute Gasteiger partial charge is 0.324 e. The minimum Gasteiger partial charge on any atom is -0.324 e. The molecule has 2 heterocycles. The second kappa shape index (κ2) is 8.73. The summed E-state index contributed by atoms with van der Waals surface area (Å²) in [6.07, 6.45) is 2.08. The summed E-state index contributed by atoms with van der Waals surface area (Å²) in [6.45, 7) is 2.05. The number of allylic oxidation sites excluding steroid dienone is 1. The molecule has 2 N–H and O–H groups in total. The molecule has 0 saturated carbocycles. The summed E-state index contributed by atoms with van der Waals surface area (Å²) in [4.78, 5) is 17.2. The van der Waals surface area contributed by atoms with Crippen LogP contribution in [0.3, 0.4) is 0 Å². The maximum Gasteiger partial charge on any atom is 0.258 e. The number of fused-ring (bicyclic) bond motifs is 1. The lowest BCUT2D eigenvalue weighted by atomic mass is 10.0. The van der Waals surface area contributed by atoms with Crippen LogP contribution in [0.15, 0.2) is 78.9 Å². The van der Waals surface area contributed by atoms with Crippen LogP contribution < -0.4 is 10.6 Å². The first kappa shape index (κ1) is 21.2. The lowest BCUT2D eigenvalue weighted by Crippen LogP contribution is -2.20. The third-order valence-corrected chi connectivity index (χ3v) is 5.88. The van der Waals surface area contributed by atoms with Gasteiger partial charge in [0.2, 0.25) is 5.95 Å². The van der Waals surface area contributed by atoms with Gasteiger partial charge in [0.25, 0.3) is 11.9 Å². The van der Waals surface area contributed by atoms with Crippen LogP contribution in [-0.2, 0) is 0 Å². The van der Waals surface area contributed by atoms with Crippen molar-refractivity contribution in [3.8, 4) is 0 Å². The van der Waals surface area contributed by atoms with E-state index in [1.165, 1.54) is 5.56 Å². The van der Waals surface area contributed by atoms with E-state index in [1.54, 1.807) is 28.9 Å². The number of aromatic nitrogens is 3. The lowest BCUT2D eigenvalue weighted by molar-refractivity contribution is 0.102. The number of carbonyl (C=O) groups is 1. The number of hydrogen-bond donors (Lipinski definition) is 2. The number of nitrogens with one attached hydrogen (secondary N) is 2. The normalized spacial score (nSPS) is 14.8. The molecular weight excluding hydrogens is 457 g/mol. The summed E-state index contributed by atoms with van der Waals surface area (Å²) in [5.74, 6) is 0.416. The fourth-order valence-corrected chi connectivity index (χ4v) is 3.87. The Hall–Kier alpha value is -3.61. The zero-order valence-corrected chi connectivity index (χ0v) is 19.1. The topological polar surface area (TPSA) is 71.8 Å². The third kappa shape index (κ3) is 4.49. The van der Waals surface area contributed by atoms with Gasteiger partial charge in [-0.25, -0.2) is 4.68 Å². The molecule has 0 fully saturated rings. The number of hydrogen-bond acceptors (Lipinski definition) is 4. The van der Waals surface area contributed by atoms with Gasteiger partial charge in [-0.3, -0.25) is 10.1 Å². The average Bonchev–Trinajstić information content (AvgIpc) is 3.22. The fourth-order valence-electron chi connectivity index (χ4n) is 3.62. The van der Waals surface area contributed by atoms with Crippen molar-refractivity contribution in [3.05, 3.63) is 111 Å². The molecule has 8 heteroatoms. The summed E-state index contributed by atoms with van der Waals surface area (Å²) in [6, 6.07) is 22.2. The fraction of sp³-hybridized carbons (Fsp3) is 0.0800. The Morgan fingerprint density at radius 2 is 1.58 bits per heavy atom. The summed E-state index contributed by atoms with van der Waals surface area (Å²) < 4.78 is 1.75. The number of nitrogens with zero attached hydrogens (tertiary/aromatic N) is 3. The molecule has 0 unspecified atom stereocenters. The van der Waals surface area contributed by atoms with E-state index in [1.807, 2.05) is 24.3 Å². The number of anilines is 2. The molecule has 5 rings (SSSR count). The van der Waals surface area contributed by atoms with Crippen molar-refractivity contribution in [1.82, 2.24) is 14.8 Å². The van der Waals surface area contributed by atoms with Gasteiger partial charge >= 0.3 is 0 Å². The standard InChI is InChI=1S/C25H19Cl2N5O/c1-15-2-4-16(5-3-15)21-14-22(17-6-10-19(26)11-7-17)32-25(28-21)30-24(31-32)29-23(33)18-8-12-20(27)13-9-18/h2-14,22H,1H3,(H2,28,29,30,31,33)/t22-/m1/s1. The molecule has 1 atom stereocenters. The summed E-state index contributed by atoms with van der Waals surface area (Å²) in [5, 5.41) is 11.9. The van der Waals surface area contributed by atoms with Crippen LogP contribution in [0.5, 0.6) is 0 Å². The average molecular weight is 476 g/mol. The molecule has 0 radical (unpaired) electrons. The zero-order valence-electron chi connectivity index (χ0n) is 17.6. The summed E-state index contributed by atoms with van der Waals surface area (Å²) in [5.41, 5.74) is 4.57. The molecule has 1 amide bonds. The third-order valence-electron chi connectivity index (χ3n) is 5.37. The highest BCUT2D eigenvalue weighted by atomic mass is 35.5. The molecule has 0 aliphatic carbocycles. The van der Waals surface area contributed by atoms with Crippen LogP contribution in [0.25, 0.3) is 5.70 Å². The molecule has 1 aromatic heterocycles. The Morgan fingerprint density at radius 1 is 0.939 bits per heavy atom. The van der Waals surface area contributed by atoms with E-state index < -0.39 is 0 Å². The van der Waals surface area contributed by atoms with E-state index in [0.717, 1.165) is 16.8 Å². The SMILES string of the molecule is Cc1ccc(C2=C[C@H](c3ccc(Cl)cc3)n3nc(NC(=O)c4ccc(Cl)cc4)nc3N2)cc1. The van der Waals surface area contributed by atoms with Crippen molar-refractivity contribution in [2.75, 3.05) is 10.6 Å². The molecular formula is C25H19Cl2N5O. The van der Waals surface area contributed by atoms with Gasteiger partial charge in [0.1, 0.15) is 6.04 Å². The highest BCUT2D eigenvalue weighted by molar-refractivity contribution is 6.30. The maximum absolute atomic E-state index is 12.7. The first-order valence-electron chi connectivity index (χ1n) is 10.3. The second-order valence-corrected chi connectivity index (χ2v) is 8.61. The van der Waals surface area contributed by atoms with Gasteiger partial charge in [-0.2, -0.15) is 4.98 Å². The molecule has 33 heavy (non-hydrogen) atoms. The Kier molecular flexibility index (Phi) is 5.62. The Bertz CT molecular complexity index is 1340. The highest BCUT2D eigenvalue weighted by Crippen LogP contribution is 2.33. The first-order valence-corrected chi connectivity index (χ1v) is 11.1. The Labute approximate surface area is 200 Å². The van der Waals surface area contributed by atoms with Crippen LogP contribution in [0.4, 0.5) is 11.9 Å². The lowest BCUT2D eigenvalue weighted by Gasteiger charge is -2.24. The smallest absolute Gasteiger partial charge is 0.258 e. The van der Waals surface area contributed by atoms with Crippen molar-refractivity contribution in [2.45, 2.75) is 13.0 Å². The van der Waals surface area contributed by atoms with Gasteiger partial charge in [-0.05, 0) is 60.5 Å². The van der Waals surface area contributed by atoms with Gasteiger partial charge in [0.05, 0.1) is 0 Å². The maximum atomic E-state index is 12.7. The number of carbonyl (C=O) groups excluding carboxylic acids is 1. The molecule has 3 aromatic carbocycles. The number of halogens is 2. The Balaban J connectivity index is 1.50. The molecule has 1 aliphatic rings. The molecule has 164 valence electrons. The van der Waals surface area contributed by atoms with Crippen LogP contribution in [0.1, 0.15) is 33.1 Å². The summed E-state index contributed by atoms with van der Waals surface area (Å²) in [7, 11) is 0. The molecule has 1 aliphatic heterocycles. The van der Waals surface area contributed by atoms with Crippen LogP contribution in [0, 0.1) is 6.92 Å². The number of amides is 1. The second-order valence-electron chi connectivity index (χ2n) is 7.73. The summed E-state index contributed by atoms with van der Waals surface area (Å²) >= 11 is 12.0. The number of aryl methyl sites for hydroxylation is 1. The monoisotopic (exact) mass is 475 g/mol. The molecule has 6 nitrogen and oxygen atoms in total. The van der Waals surface area contributed by atoms with Crippen LogP contribution in [0.2, 0.25) is 10.0 Å². The minimum atomic E-state index is -0.315. The predicted octanol–water partition coefficient (Wildman–Crippen LogP) is 6.20. The number of benzene rings is 3. The van der Waals surface area contributed by atoms with Crippen molar-refractivity contribution in [2.24, 2.45) is 0 Å². The zero-order chi connectivity index (χ0) is 22.9. The van der Waals surface area contributed by atoms with E-state index in [9.17, 15) is 4.79 Å². The van der Waals surface area contributed by atoms with E-state index >= 15 is 0 Å². The van der Waals surface area contributed by atoms with Gasteiger partial charge in [0.15, 0.2) is 0 Å². The molecule has 0 spiro atoms. The van der Waals surface area contributed by atoms with Gasteiger partial charge < -0.3 is 5.32 Å². The minimum absolute atomic E-state index is 0.204. The van der Waals surface area contributed by atoms with Crippen LogP contribution >= 0.6 is 23.2 Å². The van der Waals surface area contributed by atoms with E-state index in [0.29, 0.717) is 21.6 Å². The van der Waals surface area contributed by atoms with Gasteiger partial charge in [-0.15, -0.1) is 5.10 Å².